The first-order valence-corrected chi connectivity index (χ1v) is 18.9. The first-order valence-electron chi connectivity index (χ1n) is 18.9. The largest absolute Gasteiger partial charge is 0.208 e. The topological polar surface area (TPSA) is 38.7 Å². The highest BCUT2D eigenvalue weighted by molar-refractivity contribution is 6.05. The summed E-state index contributed by atoms with van der Waals surface area (Å²) >= 11 is 0. The van der Waals surface area contributed by atoms with Gasteiger partial charge in [-0.1, -0.05) is 202 Å². The van der Waals surface area contributed by atoms with Gasteiger partial charge in [-0.3, -0.25) is 0 Å². The van der Waals surface area contributed by atoms with Crippen LogP contribution in [0.1, 0.15) is 25.0 Å². The van der Waals surface area contributed by atoms with Crippen LogP contribution in [0.2, 0.25) is 0 Å². The van der Waals surface area contributed by atoms with E-state index in [9.17, 15) is 0 Å². The average molecular weight is 704 g/mol. The Morgan fingerprint density at radius 1 is 0.291 bits per heavy atom. The molecule has 260 valence electrons. The van der Waals surface area contributed by atoms with Gasteiger partial charge in [-0.15, -0.1) is 0 Å². The van der Waals surface area contributed by atoms with Crippen LogP contribution in [0.25, 0.3) is 89.4 Å². The van der Waals surface area contributed by atoms with E-state index in [1.807, 2.05) is 12.1 Å². The van der Waals surface area contributed by atoms with Crippen LogP contribution >= 0.6 is 0 Å². The molecule has 0 saturated heterocycles. The van der Waals surface area contributed by atoms with E-state index in [2.05, 4.69) is 190 Å². The summed E-state index contributed by atoms with van der Waals surface area (Å²) < 4.78 is 0. The lowest BCUT2D eigenvalue weighted by atomic mass is 9.78. The maximum atomic E-state index is 5.33. The van der Waals surface area contributed by atoms with E-state index in [1.165, 1.54) is 33.4 Å². The highest BCUT2D eigenvalue weighted by Crippen LogP contribution is 2.53. The van der Waals surface area contributed by atoms with Crippen LogP contribution in [0.4, 0.5) is 0 Å². The zero-order valence-corrected chi connectivity index (χ0v) is 30.7. The number of aromatic nitrogens is 3. The number of rotatable bonds is 6. The maximum Gasteiger partial charge on any atom is 0.164 e. The normalized spacial score (nSPS) is 12.7. The van der Waals surface area contributed by atoms with Crippen molar-refractivity contribution in [2.45, 2.75) is 19.3 Å². The molecule has 1 aromatic heterocycles. The van der Waals surface area contributed by atoms with Gasteiger partial charge < -0.3 is 0 Å². The molecule has 1 heterocycles. The van der Waals surface area contributed by atoms with Crippen molar-refractivity contribution in [3.8, 4) is 78.7 Å². The molecule has 0 atom stereocenters. The minimum absolute atomic E-state index is 0.140. The third kappa shape index (κ3) is 5.47. The fourth-order valence-electron chi connectivity index (χ4n) is 8.64. The van der Waals surface area contributed by atoms with Crippen LogP contribution in [0.15, 0.2) is 188 Å². The van der Waals surface area contributed by atoms with Gasteiger partial charge in [0.15, 0.2) is 17.5 Å². The molecule has 0 amide bonds. The molecule has 0 aliphatic heterocycles. The maximum absolute atomic E-state index is 5.33. The first kappa shape index (κ1) is 32.7. The zero-order valence-electron chi connectivity index (χ0n) is 30.7. The Bertz CT molecular complexity index is 2790. The van der Waals surface area contributed by atoms with Crippen LogP contribution in [-0.4, -0.2) is 15.0 Å². The summed E-state index contributed by atoms with van der Waals surface area (Å²) in [6.07, 6.45) is 0. The Labute approximate surface area is 321 Å². The molecule has 3 heteroatoms. The van der Waals surface area contributed by atoms with Crippen molar-refractivity contribution >= 4 is 10.8 Å². The number of nitrogens with zero attached hydrogens (tertiary/aromatic N) is 3. The lowest BCUT2D eigenvalue weighted by molar-refractivity contribution is 0.662. The van der Waals surface area contributed by atoms with Gasteiger partial charge in [0, 0.05) is 22.1 Å². The van der Waals surface area contributed by atoms with Crippen molar-refractivity contribution in [2.75, 3.05) is 0 Å². The lowest BCUT2D eigenvalue weighted by Crippen LogP contribution is -2.16. The van der Waals surface area contributed by atoms with Crippen LogP contribution in [0, 0.1) is 0 Å². The molecule has 9 aromatic rings. The Balaban J connectivity index is 1.21. The van der Waals surface area contributed by atoms with Crippen LogP contribution < -0.4 is 0 Å². The second-order valence-electron chi connectivity index (χ2n) is 14.7. The second-order valence-corrected chi connectivity index (χ2v) is 14.7. The molecule has 0 fully saturated rings. The highest BCUT2D eigenvalue weighted by Gasteiger charge is 2.37. The van der Waals surface area contributed by atoms with Gasteiger partial charge in [0.1, 0.15) is 0 Å². The van der Waals surface area contributed by atoms with Gasteiger partial charge in [0.2, 0.25) is 0 Å². The summed E-state index contributed by atoms with van der Waals surface area (Å²) in [4.78, 5) is 15.9. The number of benzene rings is 8. The molecule has 10 rings (SSSR count). The Morgan fingerprint density at radius 2 is 0.655 bits per heavy atom. The first-order chi connectivity index (χ1) is 27.1. The van der Waals surface area contributed by atoms with E-state index in [0.29, 0.717) is 17.5 Å². The Kier molecular flexibility index (Phi) is 7.81. The number of hydrogen-bond donors (Lipinski definition) is 0. The van der Waals surface area contributed by atoms with Gasteiger partial charge in [-0.25, -0.2) is 15.0 Å². The van der Waals surface area contributed by atoms with E-state index >= 15 is 0 Å². The van der Waals surface area contributed by atoms with Gasteiger partial charge >= 0.3 is 0 Å². The van der Waals surface area contributed by atoms with E-state index in [1.54, 1.807) is 0 Å². The van der Waals surface area contributed by atoms with Crippen molar-refractivity contribution < 1.29 is 0 Å². The molecule has 0 spiro atoms. The minimum atomic E-state index is -0.140. The fourth-order valence-corrected chi connectivity index (χ4v) is 8.64. The van der Waals surface area contributed by atoms with Gasteiger partial charge in [0.25, 0.3) is 0 Å². The summed E-state index contributed by atoms with van der Waals surface area (Å²) in [5.74, 6) is 1.91. The fraction of sp³-hybridized carbons (Fsp3) is 0.0577. The number of hydrogen-bond acceptors (Lipinski definition) is 3. The zero-order chi connectivity index (χ0) is 36.9. The van der Waals surface area contributed by atoms with Gasteiger partial charge in [0.05, 0.1) is 0 Å². The molecule has 55 heavy (non-hydrogen) atoms. The molecule has 0 radical (unpaired) electrons. The molecule has 1 aliphatic carbocycles. The SMILES string of the molecule is CC1(C)c2ccccc2-c2cccc(-c3cccc4c(-c5nc(-c6ccccc6-c6ccccc6)nc(-c6ccccc6-c6ccccc6)n5)cccc34)c21. The summed E-state index contributed by atoms with van der Waals surface area (Å²) in [6, 6.07) is 66.5. The Hall–Kier alpha value is -6.97. The molecule has 8 aromatic carbocycles. The summed E-state index contributed by atoms with van der Waals surface area (Å²) in [6.45, 7) is 4.71. The van der Waals surface area contributed by atoms with Crippen molar-refractivity contribution in [3.05, 3.63) is 199 Å². The van der Waals surface area contributed by atoms with Crippen molar-refractivity contribution in [2.24, 2.45) is 0 Å². The molecular weight excluding hydrogens is 667 g/mol. The Morgan fingerprint density at radius 3 is 1.22 bits per heavy atom. The predicted molar refractivity (Wildman–Crippen MR) is 228 cm³/mol. The summed E-state index contributed by atoms with van der Waals surface area (Å²) in [5, 5.41) is 2.26. The molecule has 0 saturated carbocycles. The van der Waals surface area contributed by atoms with Crippen LogP contribution in [-0.2, 0) is 5.41 Å². The average Bonchev–Trinajstić information content (AvgIpc) is 3.49. The minimum Gasteiger partial charge on any atom is -0.208 e. The summed E-state index contributed by atoms with van der Waals surface area (Å²) in [5.41, 5.74) is 14.9. The number of fused-ring (bicyclic) bond motifs is 4. The molecule has 3 nitrogen and oxygen atoms in total. The molecule has 0 bridgehead atoms. The third-order valence-corrected chi connectivity index (χ3v) is 11.2. The summed E-state index contributed by atoms with van der Waals surface area (Å²) in [7, 11) is 0. The second kappa shape index (κ2) is 13.2. The van der Waals surface area contributed by atoms with E-state index < -0.39 is 0 Å². The standard InChI is InChI=1S/C52H37N3/c1-52(2)47-33-14-13-24-41(47)43-31-17-30-42(48(43)52)39-28-15-29-40-38(39)27-16-32-46(40)51-54-49(44-25-11-9-22-36(44)34-18-5-3-6-19-34)53-50(55-51)45-26-12-10-23-37(45)35-20-7-4-8-21-35/h3-33H,1-2H3. The molecule has 0 N–H and O–H groups in total. The monoisotopic (exact) mass is 703 g/mol. The van der Waals surface area contributed by atoms with Crippen molar-refractivity contribution in [1.29, 1.82) is 0 Å². The van der Waals surface area contributed by atoms with E-state index in [-0.39, 0.29) is 5.41 Å². The van der Waals surface area contributed by atoms with Crippen LogP contribution in [0.3, 0.4) is 0 Å². The van der Waals surface area contributed by atoms with Crippen molar-refractivity contribution in [1.82, 2.24) is 15.0 Å². The van der Waals surface area contributed by atoms with Crippen LogP contribution in [0.5, 0.6) is 0 Å². The lowest BCUT2D eigenvalue weighted by Gasteiger charge is -2.25. The van der Waals surface area contributed by atoms with Gasteiger partial charge in [-0.05, 0) is 66.4 Å². The molecule has 1 aliphatic rings. The molecule has 0 unspecified atom stereocenters. The van der Waals surface area contributed by atoms with Crippen molar-refractivity contribution in [3.63, 3.8) is 0 Å². The van der Waals surface area contributed by atoms with E-state index in [0.717, 1.165) is 49.7 Å². The van der Waals surface area contributed by atoms with E-state index in [4.69, 9.17) is 15.0 Å². The quantitative estimate of drug-likeness (QED) is 0.173. The third-order valence-electron chi connectivity index (χ3n) is 11.2. The molecular formula is C52H37N3. The predicted octanol–water partition coefficient (Wildman–Crippen LogP) is 13.3. The highest BCUT2D eigenvalue weighted by atomic mass is 15.0. The smallest absolute Gasteiger partial charge is 0.164 e. The van der Waals surface area contributed by atoms with Gasteiger partial charge in [-0.2, -0.15) is 0 Å².